The number of nitrogens with zero attached hydrogens (tertiary/aromatic N) is 1. The van der Waals surface area contributed by atoms with Gasteiger partial charge in [0.1, 0.15) is 0 Å². The Hall–Kier alpha value is -0.830. The van der Waals surface area contributed by atoms with Gasteiger partial charge in [-0.1, -0.05) is 48.0 Å². The molecule has 1 amide bonds. The molecule has 1 aromatic carbocycles. The van der Waals surface area contributed by atoms with Crippen molar-refractivity contribution >= 4 is 21.8 Å². The molecule has 0 aromatic heterocycles. The zero-order valence-electron chi connectivity index (χ0n) is 10.7. The maximum atomic E-state index is 11.9. The highest BCUT2D eigenvalue weighted by atomic mass is 79.9. The molecule has 0 fully saturated rings. The van der Waals surface area contributed by atoms with E-state index in [0.717, 1.165) is 16.5 Å². The third-order valence-electron chi connectivity index (χ3n) is 2.73. The average molecular weight is 298 g/mol. The zero-order chi connectivity index (χ0) is 12.8. The maximum absolute atomic E-state index is 11.9. The minimum absolute atomic E-state index is 0.217. The van der Waals surface area contributed by atoms with Gasteiger partial charge < -0.3 is 4.90 Å². The van der Waals surface area contributed by atoms with E-state index in [1.54, 1.807) is 4.90 Å². The topological polar surface area (TPSA) is 20.3 Å². The Morgan fingerprint density at radius 2 is 2.00 bits per heavy atom. The molecule has 1 rings (SSSR count). The molecule has 0 heterocycles. The Morgan fingerprint density at radius 3 is 2.59 bits per heavy atom. The van der Waals surface area contributed by atoms with Crippen molar-refractivity contribution in [3.63, 3.8) is 0 Å². The molecule has 0 spiro atoms. The highest BCUT2D eigenvalue weighted by Crippen LogP contribution is 2.18. The van der Waals surface area contributed by atoms with Gasteiger partial charge in [0.15, 0.2) is 0 Å². The summed E-state index contributed by atoms with van der Waals surface area (Å²) in [4.78, 5) is 13.7. The summed E-state index contributed by atoms with van der Waals surface area (Å²) in [6, 6.07) is 8.01. The summed E-state index contributed by atoms with van der Waals surface area (Å²) in [6.45, 7) is 4.94. The molecule has 1 aromatic rings. The second-order valence-electron chi connectivity index (χ2n) is 4.77. The van der Waals surface area contributed by atoms with Gasteiger partial charge >= 0.3 is 0 Å². The standard InChI is InChI=1S/C14H20BrNO/c1-11(2)8-9-14(17)16(3)10-12-6-4-5-7-13(12)15/h4-7,11H,8-10H2,1-3H3. The second-order valence-corrected chi connectivity index (χ2v) is 5.63. The average Bonchev–Trinajstić information content (AvgIpc) is 2.28. The fraction of sp³-hybridized carbons (Fsp3) is 0.500. The molecule has 0 saturated carbocycles. The molecule has 0 radical (unpaired) electrons. The van der Waals surface area contributed by atoms with Gasteiger partial charge in [-0.2, -0.15) is 0 Å². The van der Waals surface area contributed by atoms with E-state index in [2.05, 4.69) is 29.8 Å². The highest BCUT2D eigenvalue weighted by molar-refractivity contribution is 9.10. The van der Waals surface area contributed by atoms with Gasteiger partial charge in [0.05, 0.1) is 0 Å². The summed E-state index contributed by atoms with van der Waals surface area (Å²) >= 11 is 3.50. The minimum atomic E-state index is 0.217. The molecule has 0 bridgehead atoms. The molecule has 2 nitrogen and oxygen atoms in total. The first-order valence-electron chi connectivity index (χ1n) is 5.98. The number of hydrogen-bond acceptors (Lipinski definition) is 1. The van der Waals surface area contributed by atoms with E-state index in [9.17, 15) is 4.79 Å². The number of carbonyl (C=O) groups excluding carboxylic acids is 1. The van der Waals surface area contributed by atoms with E-state index < -0.39 is 0 Å². The van der Waals surface area contributed by atoms with Gasteiger partial charge in [-0.05, 0) is 24.0 Å². The van der Waals surface area contributed by atoms with E-state index in [1.165, 1.54) is 0 Å². The fourth-order valence-electron chi connectivity index (χ4n) is 1.57. The highest BCUT2D eigenvalue weighted by Gasteiger charge is 2.11. The Labute approximate surface area is 112 Å². The van der Waals surface area contributed by atoms with E-state index in [-0.39, 0.29) is 5.91 Å². The van der Waals surface area contributed by atoms with Crippen LogP contribution in [0.15, 0.2) is 28.7 Å². The van der Waals surface area contributed by atoms with Crippen molar-refractivity contribution in [2.45, 2.75) is 33.2 Å². The van der Waals surface area contributed by atoms with Crippen LogP contribution in [0, 0.1) is 5.92 Å². The lowest BCUT2D eigenvalue weighted by Gasteiger charge is -2.18. The van der Waals surface area contributed by atoms with E-state index >= 15 is 0 Å². The van der Waals surface area contributed by atoms with Crippen LogP contribution in [-0.4, -0.2) is 17.9 Å². The minimum Gasteiger partial charge on any atom is -0.341 e. The lowest BCUT2D eigenvalue weighted by Crippen LogP contribution is -2.26. The third kappa shape index (κ3) is 4.90. The number of amides is 1. The molecule has 0 saturated heterocycles. The summed E-state index contributed by atoms with van der Waals surface area (Å²) in [5.41, 5.74) is 1.15. The van der Waals surface area contributed by atoms with Crippen LogP contribution in [-0.2, 0) is 11.3 Å². The van der Waals surface area contributed by atoms with Crippen LogP contribution in [0.4, 0.5) is 0 Å². The molecular weight excluding hydrogens is 278 g/mol. The lowest BCUT2D eigenvalue weighted by atomic mass is 10.1. The Morgan fingerprint density at radius 1 is 1.35 bits per heavy atom. The number of hydrogen-bond donors (Lipinski definition) is 0. The molecule has 0 aliphatic carbocycles. The Bertz CT molecular complexity index is 376. The maximum Gasteiger partial charge on any atom is 0.222 e. The molecule has 3 heteroatoms. The Kier molecular flexibility index (Phi) is 5.69. The van der Waals surface area contributed by atoms with Crippen molar-refractivity contribution in [2.75, 3.05) is 7.05 Å². The zero-order valence-corrected chi connectivity index (χ0v) is 12.3. The molecule has 94 valence electrons. The summed E-state index contributed by atoms with van der Waals surface area (Å²) < 4.78 is 1.06. The number of carbonyl (C=O) groups is 1. The lowest BCUT2D eigenvalue weighted by molar-refractivity contribution is -0.130. The quantitative estimate of drug-likeness (QED) is 0.808. The van der Waals surface area contributed by atoms with Crippen LogP contribution >= 0.6 is 15.9 Å². The van der Waals surface area contributed by atoms with Crippen LogP contribution in [0.3, 0.4) is 0 Å². The van der Waals surface area contributed by atoms with Crippen molar-refractivity contribution in [3.05, 3.63) is 34.3 Å². The molecule has 0 N–H and O–H groups in total. The van der Waals surface area contributed by atoms with Gasteiger partial charge in [0, 0.05) is 24.5 Å². The van der Waals surface area contributed by atoms with Gasteiger partial charge in [-0.25, -0.2) is 0 Å². The van der Waals surface area contributed by atoms with Crippen LogP contribution in [0.2, 0.25) is 0 Å². The number of halogens is 1. The van der Waals surface area contributed by atoms with E-state index in [4.69, 9.17) is 0 Å². The van der Waals surface area contributed by atoms with E-state index in [0.29, 0.717) is 18.9 Å². The van der Waals surface area contributed by atoms with E-state index in [1.807, 2.05) is 31.3 Å². The van der Waals surface area contributed by atoms with Crippen molar-refractivity contribution in [1.82, 2.24) is 4.90 Å². The smallest absolute Gasteiger partial charge is 0.222 e. The SMILES string of the molecule is CC(C)CCC(=O)N(C)Cc1ccccc1Br. The second kappa shape index (κ2) is 6.80. The predicted molar refractivity (Wildman–Crippen MR) is 74.7 cm³/mol. The van der Waals surface area contributed by atoms with Gasteiger partial charge in [0.25, 0.3) is 0 Å². The van der Waals surface area contributed by atoms with Gasteiger partial charge in [-0.3, -0.25) is 4.79 Å². The van der Waals surface area contributed by atoms with Crippen molar-refractivity contribution in [3.8, 4) is 0 Å². The van der Waals surface area contributed by atoms with Crippen LogP contribution in [0.25, 0.3) is 0 Å². The predicted octanol–water partition coefficient (Wildman–Crippen LogP) is 3.84. The molecular formula is C14H20BrNO. The molecule has 0 aliphatic heterocycles. The first kappa shape index (κ1) is 14.2. The van der Waals surface area contributed by atoms with Crippen molar-refractivity contribution < 1.29 is 4.79 Å². The monoisotopic (exact) mass is 297 g/mol. The van der Waals surface area contributed by atoms with Gasteiger partial charge in [-0.15, -0.1) is 0 Å². The number of rotatable bonds is 5. The third-order valence-corrected chi connectivity index (χ3v) is 3.50. The van der Waals surface area contributed by atoms with Crippen LogP contribution in [0.1, 0.15) is 32.3 Å². The summed E-state index contributed by atoms with van der Waals surface area (Å²) in [5.74, 6) is 0.797. The van der Waals surface area contributed by atoms with Crippen LogP contribution < -0.4 is 0 Å². The summed E-state index contributed by atoms with van der Waals surface area (Å²) in [5, 5.41) is 0. The van der Waals surface area contributed by atoms with Crippen molar-refractivity contribution in [1.29, 1.82) is 0 Å². The summed E-state index contributed by atoms with van der Waals surface area (Å²) in [6.07, 6.45) is 1.59. The Balaban J connectivity index is 2.51. The van der Waals surface area contributed by atoms with Gasteiger partial charge in [0.2, 0.25) is 5.91 Å². The summed E-state index contributed by atoms with van der Waals surface area (Å²) in [7, 11) is 1.86. The van der Waals surface area contributed by atoms with Crippen molar-refractivity contribution in [2.24, 2.45) is 5.92 Å². The first-order chi connectivity index (χ1) is 8.00. The normalized spacial score (nSPS) is 10.6. The fourth-order valence-corrected chi connectivity index (χ4v) is 1.98. The molecule has 17 heavy (non-hydrogen) atoms. The first-order valence-corrected chi connectivity index (χ1v) is 6.77. The molecule has 0 atom stereocenters. The van der Waals surface area contributed by atoms with Crippen LogP contribution in [0.5, 0.6) is 0 Å². The number of benzene rings is 1. The molecule has 0 unspecified atom stereocenters. The molecule has 0 aliphatic rings. The largest absolute Gasteiger partial charge is 0.341 e.